The SMILES string of the molecule is O=C(Nc1ccc(Oc2cccnc2)nc1)N1CCC2CCC(C1)S2=O. The number of nitrogens with one attached hydrogen (secondary N) is 1. The molecule has 2 aliphatic rings. The molecule has 2 amide bonds. The summed E-state index contributed by atoms with van der Waals surface area (Å²) in [6.07, 6.45) is 7.62. The molecule has 0 spiro atoms. The summed E-state index contributed by atoms with van der Waals surface area (Å²) in [6, 6.07) is 6.85. The van der Waals surface area contributed by atoms with Crippen LogP contribution in [0, 0.1) is 0 Å². The van der Waals surface area contributed by atoms with Gasteiger partial charge in [0.2, 0.25) is 5.88 Å². The molecule has 4 heterocycles. The van der Waals surface area contributed by atoms with E-state index in [9.17, 15) is 9.00 Å². The monoisotopic (exact) mass is 372 g/mol. The van der Waals surface area contributed by atoms with E-state index in [1.807, 2.05) is 0 Å². The molecular formula is C18H20N4O3S. The highest BCUT2D eigenvalue weighted by molar-refractivity contribution is 7.86. The summed E-state index contributed by atoms with van der Waals surface area (Å²) in [5.74, 6) is 1.03. The number of anilines is 1. The number of likely N-dealkylation sites (tertiary alicyclic amines) is 1. The zero-order chi connectivity index (χ0) is 17.9. The number of nitrogens with zero attached hydrogens (tertiary/aromatic N) is 3. The number of hydrogen-bond donors (Lipinski definition) is 1. The van der Waals surface area contributed by atoms with Crippen LogP contribution in [0.25, 0.3) is 0 Å². The third kappa shape index (κ3) is 3.70. The third-order valence-corrected chi connectivity index (χ3v) is 6.91. The average molecular weight is 372 g/mol. The number of pyridine rings is 2. The van der Waals surface area contributed by atoms with Crippen molar-refractivity contribution in [1.82, 2.24) is 14.9 Å². The van der Waals surface area contributed by atoms with Crippen molar-refractivity contribution < 1.29 is 13.7 Å². The number of rotatable bonds is 3. The van der Waals surface area contributed by atoms with Gasteiger partial charge < -0.3 is 15.0 Å². The lowest BCUT2D eigenvalue weighted by Crippen LogP contribution is -2.40. The van der Waals surface area contributed by atoms with Crippen molar-refractivity contribution >= 4 is 22.5 Å². The number of aromatic nitrogens is 2. The maximum absolute atomic E-state index is 12.5. The lowest BCUT2D eigenvalue weighted by Gasteiger charge is -2.24. The Hall–Kier alpha value is -2.48. The first kappa shape index (κ1) is 17.0. The Balaban J connectivity index is 1.36. The van der Waals surface area contributed by atoms with Crippen molar-refractivity contribution in [2.24, 2.45) is 0 Å². The van der Waals surface area contributed by atoms with Crippen LogP contribution < -0.4 is 10.1 Å². The van der Waals surface area contributed by atoms with Gasteiger partial charge in [0.15, 0.2) is 0 Å². The van der Waals surface area contributed by atoms with E-state index in [2.05, 4.69) is 15.3 Å². The van der Waals surface area contributed by atoms with E-state index in [4.69, 9.17) is 4.74 Å². The number of amides is 2. The zero-order valence-electron chi connectivity index (χ0n) is 14.2. The Kier molecular flexibility index (Phi) is 4.83. The van der Waals surface area contributed by atoms with Gasteiger partial charge in [0.1, 0.15) is 5.75 Å². The van der Waals surface area contributed by atoms with E-state index < -0.39 is 10.8 Å². The molecule has 1 N–H and O–H groups in total. The van der Waals surface area contributed by atoms with Gasteiger partial charge in [0, 0.05) is 41.4 Å². The Morgan fingerprint density at radius 1 is 1.19 bits per heavy atom. The summed E-state index contributed by atoms with van der Waals surface area (Å²) in [5, 5.41) is 3.23. The minimum atomic E-state index is -0.798. The summed E-state index contributed by atoms with van der Waals surface area (Å²) in [5.41, 5.74) is 0.601. The minimum absolute atomic E-state index is 0.113. The number of urea groups is 1. The van der Waals surface area contributed by atoms with Crippen LogP contribution in [-0.2, 0) is 10.8 Å². The summed E-state index contributed by atoms with van der Waals surface area (Å²) >= 11 is 0. The Bertz CT molecular complexity index is 800. The molecule has 3 atom stereocenters. The van der Waals surface area contributed by atoms with Crippen molar-refractivity contribution in [2.45, 2.75) is 29.8 Å². The number of hydrogen-bond acceptors (Lipinski definition) is 5. The van der Waals surface area contributed by atoms with Crippen molar-refractivity contribution in [3.63, 3.8) is 0 Å². The van der Waals surface area contributed by atoms with Gasteiger partial charge in [0.05, 0.1) is 23.3 Å². The number of fused-ring (bicyclic) bond motifs is 2. The van der Waals surface area contributed by atoms with Crippen LogP contribution >= 0.6 is 0 Å². The molecule has 2 saturated heterocycles. The first-order valence-electron chi connectivity index (χ1n) is 8.68. The first-order valence-corrected chi connectivity index (χ1v) is 9.96. The lowest BCUT2D eigenvalue weighted by molar-refractivity contribution is 0.209. The van der Waals surface area contributed by atoms with Gasteiger partial charge in [-0.2, -0.15) is 0 Å². The summed E-state index contributed by atoms with van der Waals surface area (Å²) in [7, 11) is -0.798. The van der Waals surface area contributed by atoms with E-state index in [-0.39, 0.29) is 16.5 Å². The van der Waals surface area contributed by atoms with Crippen LogP contribution in [0.5, 0.6) is 11.6 Å². The Morgan fingerprint density at radius 3 is 2.85 bits per heavy atom. The van der Waals surface area contributed by atoms with Crippen molar-refractivity contribution in [3.05, 3.63) is 42.9 Å². The fourth-order valence-corrected chi connectivity index (χ4v) is 5.31. The van der Waals surface area contributed by atoms with Gasteiger partial charge in [-0.1, -0.05) is 0 Å². The van der Waals surface area contributed by atoms with Gasteiger partial charge >= 0.3 is 6.03 Å². The molecule has 0 aromatic carbocycles. The molecule has 26 heavy (non-hydrogen) atoms. The largest absolute Gasteiger partial charge is 0.437 e. The average Bonchev–Trinajstić information content (AvgIpc) is 2.89. The predicted octanol–water partition coefficient (Wildman–Crippen LogP) is 2.79. The summed E-state index contributed by atoms with van der Waals surface area (Å²) in [4.78, 5) is 22.5. The van der Waals surface area contributed by atoms with Crippen LogP contribution in [0.15, 0.2) is 42.9 Å². The van der Waals surface area contributed by atoms with Gasteiger partial charge in [-0.15, -0.1) is 0 Å². The minimum Gasteiger partial charge on any atom is -0.437 e. The van der Waals surface area contributed by atoms with Crippen LogP contribution in [0.3, 0.4) is 0 Å². The molecule has 136 valence electrons. The summed E-state index contributed by atoms with van der Waals surface area (Å²) < 4.78 is 17.8. The molecule has 3 unspecified atom stereocenters. The maximum Gasteiger partial charge on any atom is 0.321 e. The van der Waals surface area contributed by atoms with Crippen LogP contribution in [0.2, 0.25) is 0 Å². The van der Waals surface area contributed by atoms with Crippen LogP contribution in [-0.4, -0.2) is 48.7 Å². The summed E-state index contributed by atoms with van der Waals surface area (Å²) in [6.45, 7) is 1.21. The molecule has 2 aromatic rings. The second-order valence-corrected chi connectivity index (χ2v) is 8.48. The Morgan fingerprint density at radius 2 is 2.08 bits per heavy atom. The fourth-order valence-electron chi connectivity index (χ4n) is 3.37. The smallest absolute Gasteiger partial charge is 0.321 e. The first-order chi connectivity index (χ1) is 12.7. The topological polar surface area (TPSA) is 84.4 Å². The third-order valence-electron chi connectivity index (χ3n) is 4.74. The highest BCUT2D eigenvalue weighted by atomic mass is 32.2. The van der Waals surface area contributed by atoms with Gasteiger partial charge in [-0.25, -0.2) is 9.78 Å². The molecule has 0 radical (unpaired) electrons. The van der Waals surface area contributed by atoms with Crippen molar-refractivity contribution in [1.29, 1.82) is 0 Å². The van der Waals surface area contributed by atoms with Gasteiger partial charge in [-0.05, 0) is 37.5 Å². The van der Waals surface area contributed by atoms with Crippen LogP contribution in [0.1, 0.15) is 19.3 Å². The predicted molar refractivity (Wildman–Crippen MR) is 98.7 cm³/mol. The fraction of sp³-hybridized carbons (Fsp3) is 0.389. The van der Waals surface area contributed by atoms with Gasteiger partial charge in [0.25, 0.3) is 0 Å². The molecular weight excluding hydrogens is 352 g/mol. The van der Waals surface area contributed by atoms with E-state index in [0.717, 1.165) is 19.3 Å². The molecule has 7 nitrogen and oxygen atoms in total. The van der Waals surface area contributed by atoms with Crippen molar-refractivity contribution in [3.8, 4) is 11.6 Å². The molecule has 4 rings (SSSR count). The zero-order valence-corrected chi connectivity index (χ0v) is 15.0. The highest BCUT2D eigenvalue weighted by Gasteiger charge is 2.38. The number of carbonyl (C=O) groups is 1. The maximum atomic E-state index is 12.5. The molecule has 2 aliphatic heterocycles. The molecule has 0 saturated carbocycles. The second-order valence-electron chi connectivity index (χ2n) is 6.49. The van der Waals surface area contributed by atoms with E-state index in [1.165, 1.54) is 0 Å². The highest BCUT2D eigenvalue weighted by Crippen LogP contribution is 2.30. The normalized spacial score (nSPS) is 24.8. The molecule has 8 heteroatoms. The molecule has 2 bridgehead atoms. The van der Waals surface area contributed by atoms with Gasteiger partial charge in [-0.3, -0.25) is 9.19 Å². The molecule has 0 aliphatic carbocycles. The van der Waals surface area contributed by atoms with E-state index in [0.29, 0.717) is 30.4 Å². The van der Waals surface area contributed by atoms with E-state index in [1.54, 1.807) is 47.8 Å². The van der Waals surface area contributed by atoms with E-state index >= 15 is 0 Å². The number of carbonyl (C=O) groups excluding carboxylic acids is 1. The molecule has 2 aromatic heterocycles. The van der Waals surface area contributed by atoms with Crippen LogP contribution in [0.4, 0.5) is 10.5 Å². The number of ether oxygens (including phenoxy) is 1. The quantitative estimate of drug-likeness (QED) is 0.896. The molecule has 2 fully saturated rings. The lowest BCUT2D eigenvalue weighted by atomic mass is 10.1. The standard InChI is InChI=1S/C18H20N4O3S/c23-18(22-9-7-15-4-5-16(12-22)26(15)24)21-13-3-6-17(20-10-13)25-14-2-1-8-19-11-14/h1-3,6,8,10-11,15-16H,4-5,7,9,12H2,(H,21,23). The van der Waals surface area contributed by atoms with Crippen molar-refractivity contribution in [2.75, 3.05) is 18.4 Å². The Labute approximate surface area is 154 Å². The second kappa shape index (κ2) is 7.41.